The van der Waals surface area contributed by atoms with Gasteiger partial charge in [-0.2, -0.15) is 4.98 Å². The van der Waals surface area contributed by atoms with E-state index in [0.717, 1.165) is 54.8 Å². The molecular weight excluding hydrogens is 404 g/mol. The number of fused-ring (bicyclic) bond motifs is 1. The summed E-state index contributed by atoms with van der Waals surface area (Å²) in [4.78, 5) is 21.3. The van der Waals surface area contributed by atoms with Crippen molar-refractivity contribution in [2.75, 3.05) is 26.2 Å². The summed E-state index contributed by atoms with van der Waals surface area (Å²) in [6, 6.07) is 15.8. The third-order valence-corrected chi connectivity index (χ3v) is 5.98. The molecule has 0 spiro atoms. The van der Waals surface area contributed by atoms with Crippen LogP contribution in [0.2, 0.25) is 0 Å². The van der Waals surface area contributed by atoms with E-state index in [0.29, 0.717) is 23.8 Å². The van der Waals surface area contributed by atoms with Crippen molar-refractivity contribution in [3.05, 3.63) is 81.5 Å². The van der Waals surface area contributed by atoms with E-state index < -0.39 is 0 Å². The highest BCUT2D eigenvalue weighted by Crippen LogP contribution is 2.21. The zero-order chi connectivity index (χ0) is 22.1. The second kappa shape index (κ2) is 8.68. The number of aryl methyl sites for hydroxylation is 2. The average molecular weight is 431 g/mol. The van der Waals surface area contributed by atoms with Gasteiger partial charge in [0.1, 0.15) is 5.58 Å². The average Bonchev–Trinajstić information content (AvgIpc) is 3.23. The first-order valence-corrected chi connectivity index (χ1v) is 10.9. The maximum absolute atomic E-state index is 12.0. The quantitative estimate of drug-likeness (QED) is 0.446. The fourth-order valence-electron chi connectivity index (χ4n) is 4.14. The van der Waals surface area contributed by atoms with Gasteiger partial charge in [0.2, 0.25) is 11.7 Å². The standard InChI is InChI=1S/C25H26N4O3/c1-17-3-6-19(7-4-17)25-26-23(32-27-25)16-29-11-9-28(10-12-29)15-20-14-24(30)31-22-13-18(2)5-8-21(20)22/h3-8,13-14H,9-12,15-16H2,1-2H3. The summed E-state index contributed by atoms with van der Waals surface area (Å²) < 4.78 is 10.9. The number of rotatable bonds is 5. The van der Waals surface area contributed by atoms with Crippen molar-refractivity contribution in [2.45, 2.75) is 26.9 Å². The molecule has 0 aliphatic carbocycles. The van der Waals surface area contributed by atoms with E-state index in [2.05, 4.69) is 32.9 Å². The van der Waals surface area contributed by atoms with Crippen LogP contribution in [0.1, 0.15) is 22.6 Å². The van der Waals surface area contributed by atoms with Crippen molar-refractivity contribution in [2.24, 2.45) is 0 Å². The molecule has 4 aromatic rings. The zero-order valence-electron chi connectivity index (χ0n) is 18.4. The predicted octanol–water partition coefficient (Wildman–Crippen LogP) is 3.78. The molecule has 2 aromatic heterocycles. The van der Waals surface area contributed by atoms with Gasteiger partial charge in [0, 0.05) is 49.7 Å². The fraction of sp³-hybridized carbons (Fsp3) is 0.320. The molecular formula is C25H26N4O3. The molecule has 0 N–H and O–H groups in total. The molecule has 32 heavy (non-hydrogen) atoms. The Kier molecular flexibility index (Phi) is 5.59. The normalized spacial score (nSPS) is 15.4. The smallest absolute Gasteiger partial charge is 0.336 e. The third kappa shape index (κ3) is 4.49. The molecule has 164 valence electrons. The molecule has 1 aliphatic heterocycles. The van der Waals surface area contributed by atoms with Crippen LogP contribution in [0.25, 0.3) is 22.4 Å². The third-order valence-electron chi connectivity index (χ3n) is 5.98. The number of hydrogen-bond donors (Lipinski definition) is 0. The highest BCUT2D eigenvalue weighted by atomic mass is 16.5. The van der Waals surface area contributed by atoms with Crippen LogP contribution >= 0.6 is 0 Å². The van der Waals surface area contributed by atoms with Gasteiger partial charge in [0.25, 0.3) is 0 Å². The molecule has 3 heterocycles. The molecule has 1 aliphatic rings. The van der Waals surface area contributed by atoms with Gasteiger partial charge in [-0.1, -0.05) is 47.1 Å². The van der Waals surface area contributed by atoms with Gasteiger partial charge in [-0.05, 0) is 31.0 Å². The Labute approximate surface area is 186 Å². The lowest BCUT2D eigenvalue weighted by molar-refractivity contribution is 0.112. The van der Waals surface area contributed by atoms with Gasteiger partial charge in [-0.25, -0.2) is 4.79 Å². The van der Waals surface area contributed by atoms with Crippen molar-refractivity contribution in [3.63, 3.8) is 0 Å². The lowest BCUT2D eigenvalue weighted by Gasteiger charge is -2.34. The Bertz CT molecular complexity index is 1280. The van der Waals surface area contributed by atoms with Gasteiger partial charge in [-0.3, -0.25) is 9.80 Å². The number of hydrogen-bond acceptors (Lipinski definition) is 7. The second-order valence-corrected chi connectivity index (χ2v) is 8.52. The molecule has 0 amide bonds. The first-order valence-electron chi connectivity index (χ1n) is 10.9. The topological polar surface area (TPSA) is 75.6 Å². The van der Waals surface area contributed by atoms with E-state index in [4.69, 9.17) is 8.94 Å². The van der Waals surface area contributed by atoms with Crippen LogP contribution < -0.4 is 5.63 Å². The molecule has 0 atom stereocenters. The maximum Gasteiger partial charge on any atom is 0.336 e. The summed E-state index contributed by atoms with van der Waals surface area (Å²) in [5.41, 5.74) is 4.63. The van der Waals surface area contributed by atoms with Crippen LogP contribution in [-0.2, 0) is 13.1 Å². The van der Waals surface area contributed by atoms with Gasteiger partial charge in [0.15, 0.2) is 0 Å². The van der Waals surface area contributed by atoms with E-state index in [-0.39, 0.29) is 5.63 Å². The first kappa shape index (κ1) is 20.6. The predicted molar refractivity (Wildman–Crippen MR) is 122 cm³/mol. The van der Waals surface area contributed by atoms with Crippen molar-refractivity contribution < 1.29 is 8.94 Å². The van der Waals surface area contributed by atoms with Crippen LogP contribution in [-0.4, -0.2) is 46.1 Å². The van der Waals surface area contributed by atoms with Crippen LogP contribution in [0.5, 0.6) is 0 Å². The van der Waals surface area contributed by atoms with E-state index in [1.807, 2.05) is 43.3 Å². The van der Waals surface area contributed by atoms with Crippen molar-refractivity contribution >= 4 is 11.0 Å². The molecule has 0 unspecified atom stereocenters. The van der Waals surface area contributed by atoms with Gasteiger partial charge in [-0.15, -0.1) is 0 Å². The molecule has 1 saturated heterocycles. The summed E-state index contributed by atoms with van der Waals surface area (Å²) in [6.07, 6.45) is 0. The lowest BCUT2D eigenvalue weighted by atomic mass is 10.1. The van der Waals surface area contributed by atoms with Crippen molar-refractivity contribution in [3.8, 4) is 11.4 Å². The molecule has 0 saturated carbocycles. The first-order chi connectivity index (χ1) is 15.5. The minimum Gasteiger partial charge on any atom is -0.423 e. The van der Waals surface area contributed by atoms with Gasteiger partial charge < -0.3 is 8.94 Å². The van der Waals surface area contributed by atoms with Crippen LogP contribution in [0.3, 0.4) is 0 Å². The number of benzene rings is 2. The van der Waals surface area contributed by atoms with E-state index >= 15 is 0 Å². The molecule has 0 bridgehead atoms. The van der Waals surface area contributed by atoms with E-state index in [1.165, 1.54) is 5.56 Å². The second-order valence-electron chi connectivity index (χ2n) is 8.52. The molecule has 5 rings (SSSR count). The molecule has 7 heteroatoms. The number of nitrogens with zero attached hydrogens (tertiary/aromatic N) is 4. The van der Waals surface area contributed by atoms with Gasteiger partial charge in [0.05, 0.1) is 6.54 Å². The van der Waals surface area contributed by atoms with Gasteiger partial charge >= 0.3 is 5.63 Å². The molecule has 7 nitrogen and oxygen atoms in total. The van der Waals surface area contributed by atoms with E-state index in [9.17, 15) is 4.79 Å². The fourth-order valence-corrected chi connectivity index (χ4v) is 4.14. The van der Waals surface area contributed by atoms with Crippen molar-refractivity contribution in [1.82, 2.24) is 19.9 Å². The lowest BCUT2D eigenvalue weighted by Crippen LogP contribution is -2.45. The van der Waals surface area contributed by atoms with Crippen molar-refractivity contribution in [1.29, 1.82) is 0 Å². The Morgan fingerprint density at radius 3 is 2.31 bits per heavy atom. The monoisotopic (exact) mass is 430 g/mol. The highest BCUT2D eigenvalue weighted by molar-refractivity contribution is 5.80. The molecule has 0 radical (unpaired) electrons. The zero-order valence-corrected chi connectivity index (χ0v) is 18.4. The SMILES string of the molecule is Cc1ccc(-c2noc(CN3CCN(Cc4cc(=O)oc5cc(C)ccc45)CC3)n2)cc1. The molecule has 2 aromatic carbocycles. The Balaban J connectivity index is 1.21. The van der Waals surface area contributed by atoms with Crippen LogP contribution in [0.15, 0.2) is 62.3 Å². The number of piperazine rings is 1. The largest absolute Gasteiger partial charge is 0.423 e. The summed E-state index contributed by atoms with van der Waals surface area (Å²) >= 11 is 0. The minimum absolute atomic E-state index is 0.294. The van der Waals surface area contributed by atoms with E-state index in [1.54, 1.807) is 6.07 Å². The maximum atomic E-state index is 12.0. The Hall–Kier alpha value is -3.29. The van der Waals surface area contributed by atoms with Crippen LogP contribution in [0.4, 0.5) is 0 Å². The summed E-state index contributed by atoms with van der Waals surface area (Å²) in [5.74, 6) is 1.26. The summed E-state index contributed by atoms with van der Waals surface area (Å²) in [6.45, 7) is 9.06. The minimum atomic E-state index is -0.294. The summed E-state index contributed by atoms with van der Waals surface area (Å²) in [7, 11) is 0. The number of aromatic nitrogens is 2. The van der Waals surface area contributed by atoms with Crippen LogP contribution in [0, 0.1) is 13.8 Å². The highest BCUT2D eigenvalue weighted by Gasteiger charge is 2.20. The summed E-state index contributed by atoms with van der Waals surface area (Å²) in [5, 5.41) is 5.14. The Morgan fingerprint density at radius 1 is 0.875 bits per heavy atom. The molecule has 1 fully saturated rings. The Morgan fingerprint density at radius 2 is 1.56 bits per heavy atom.